The van der Waals surface area contributed by atoms with Crippen LogP contribution in [0.3, 0.4) is 0 Å². The molecule has 1 saturated heterocycles. The first kappa shape index (κ1) is 28.0. The maximum Gasteiger partial charge on any atom is 0.522 e. The molecule has 3 rings (SSSR count). The van der Waals surface area contributed by atoms with Crippen molar-refractivity contribution in [2.24, 2.45) is 5.92 Å². The summed E-state index contributed by atoms with van der Waals surface area (Å²) < 4.78 is 45.0. The number of nitrogens with two attached hydrogens (primary N) is 1. The van der Waals surface area contributed by atoms with Gasteiger partial charge in [-0.1, -0.05) is 0 Å². The molecule has 2 aromatic heterocycles. The third kappa shape index (κ3) is 10.4. The number of halogens is 5. The van der Waals surface area contributed by atoms with Crippen molar-refractivity contribution >= 4 is 54.9 Å². The van der Waals surface area contributed by atoms with Crippen LogP contribution < -0.4 is 16.4 Å². The maximum atomic E-state index is 11.6. The third-order valence-electron chi connectivity index (χ3n) is 4.47. The number of aromatic nitrogens is 2. The highest BCUT2D eigenvalue weighted by Gasteiger charge is 2.28. The Hall–Kier alpha value is -2.23. The topological polar surface area (TPSA) is 137 Å². The molecule has 0 radical (unpaired) electrons. The van der Waals surface area contributed by atoms with E-state index < -0.39 is 17.9 Å². The number of nitro groups is 1. The Morgan fingerprint density at radius 3 is 2.35 bits per heavy atom. The van der Waals surface area contributed by atoms with Crippen LogP contribution in [-0.2, 0) is 9.47 Å². The zero-order valence-electron chi connectivity index (χ0n) is 17.8. The van der Waals surface area contributed by atoms with Gasteiger partial charge in [-0.05, 0) is 56.7 Å². The van der Waals surface area contributed by atoms with Crippen LogP contribution in [0.25, 0.3) is 0 Å². The first-order valence-electron chi connectivity index (χ1n) is 10.0. The van der Waals surface area contributed by atoms with Crippen LogP contribution >= 0.6 is 31.9 Å². The predicted octanol–water partition coefficient (Wildman–Crippen LogP) is 4.97. The van der Waals surface area contributed by atoms with E-state index >= 15 is 0 Å². The van der Waals surface area contributed by atoms with Crippen molar-refractivity contribution in [3.63, 3.8) is 0 Å². The van der Waals surface area contributed by atoms with Gasteiger partial charge < -0.3 is 21.1 Å². The van der Waals surface area contributed by atoms with Crippen LogP contribution in [0.5, 0.6) is 0 Å². The number of ether oxygens (including phenoxy) is 2. The summed E-state index contributed by atoms with van der Waals surface area (Å²) in [6, 6.07) is 3.05. The van der Waals surface area contributed by atoms with Gasteiger partial charge in [0.05, 0.1) is 17.2 Å². The highest BCUT2D eigenvalue weighted by atomic mass is 79.9. The lowest BCUT2D eigenvalue weighted by atomic mass is 10.0. The number of anilines is 3. The fourth-order valence-corrected chi connectivity index (χ4v) is 3.50. The molecule has 0 bridgehead atoms. The van der Waals surface area contributed by atoms with E-state index in [1.54, 1.807) is 12.3 Å². The number of alkyl halides is 3. The van der Waals surface area contributed by atoms with Gasteiger partial charge in [0.25, 0.3) is 0 Å². The van der Waals surface area contributed by atoms with Gasteiger partial charge in [-0.3, -0.25) is 14.9 Å². The monoisotopic (exact) mass is 614 g/mol. The third-order valence-corrected chi connectivity index (χ3v) is 5.34. The molecular formula is C19H23Br2F3N6O4. The molecule has 15 heteroatoms. The minimum Gasteiger partial charge on any atom is -0.396 e. The van der Waals surface area contributed by atoms with Crippen LogP contribution in [0, 0.1) is 16.0 Å². The number of hydrogen-bond acceptors (Lipinski definition) is 9. The fraction of sp³-hybridized carbons (Fsp3) is 0.474. The van der Waals surface area contributed by atoms with Crippen LogP contribution in [-0.4, -0.2) is 54.2 Å². The zero-order valence-corrected chi connectivity index (χ0v) is 21.0. The number of nitrogens with one attached hydrogen (secondary N) is 2. The Morgan fingerprint density at radius 2 is 1.76 bits per heavy atom. The lowest BCUT2D eigenvalue weighted by molar-refractivity contribution is -0.384. The lowest BCUT2D eigenvalue weighted by Gasteiger charge is -2.22. The summed E-state index contributed by atoms with van der Waals surface area (Å²) >= 11 is 6.34. The van der Waals surface area contributed by atoms with E-state index in [4.69, 9.17) is 10.5 Å². The Bertz CT molecular complexity index is 949. The maximum absolute atomic E-state index is 11.6. The molecular weight excluding hydrogens is 593 g/mol. The number of pyridine rings is 2. The van der Waals surface area contributed by atoms with Gasteiger partial charge in [0.1, 0.15) is 5.82 Å². The van der Waals surface area contributed by atoms with E-state index in [9.17, 15) is 23.3 Å². The van der Waals surface area contributed by atoms with Gasteiger partial charge in [0.2, 0.25) is 5.82 Å². The molecule has 1 aliphatic rings. The van der Waals surface area contributed by atoms with Crippen molar-refractivity contribution in [1.82, 2.24) is 9.97 Å². The van der Waals surface area contributed by atoms with Crippen molar-refractivity contribution in [1.29, 1.82) is 0 Å². The van der Waals surface area contributed by atoms with E-state index in [1.165, 1.54) is 12.3 Å². The molecule has 0 aromatic carbocycles. The van der Waals surface area contributed by atoms with E-state index in [0.29, 0.717) is 38.7 Å². The average Bonchev–Trinajstić information content (AvgIpc) is 2.77. The summed E-state index contributed by atoms with van der Waals surface area (Å²) in [5.41, 5.74) is 5.92. The van der Waals surface area contributed by atoms with Gasteiger partial charge in [-0.15, -0.1) is 13.2 Å². The second-order valence-corrected chi connectivity index (χ2v) is 8.86. The van der Waals surface area contributed by atoms with Crippen molar-refractivity contribution in [3.8, 4) is 0 Å². The normalized spacial score (nSPS) is 14.1. The summed E-state index contributed by atoms with van der Waals surface area (Å²) in [4.78, 5) is 18.4. The fourth-order valence-electron chi connectivity index (χ4n) is 2.83. The largest absolute Gasteiger partial charge is 0.522 e. The molecule has 2 aromatic rings. The van der Waals surface area contributed by atoms with Gasteiger partial charge in [0.15, 0.2) is 0 Å². The molecule has 34 heavy (non-hydrogen) atoms. The Labute approximate surface area is 210 Å². The Balaban J connectivity index is 0.000000242. The molecule has 10 nitrogen and oxygen atoms in total. The first-order valence-corrected chi connectivity index (χ1v) is 11.6. The molecule has 188 valence electrons. The number of hydrogen-bond donors (Lipinski definition) is 3. The quantitative estimate of drug-likeness (QED) is 0.214. The van der Waals surface area contributed by atoms with Gasteiger partial charge >= 0.3 is 12.0 Å². The highest BCUT2D eigenvalue weighted by Crippen LogP contribution is 2.26. The second-order valence-electron chi connectivity index (χ2n) is 7.03. The van der Waals surface area contributed by atoms with Gasteiger partial charge in [0, 0.05) is 53.7 Å². The predicted molar refractivity (Wildman–Crippen MR) is 127 cm³/mol. The van der Waals surface area contributed by atoms with Crippen LogP contribution in [0.15, 0.2) is 33.5 Å². The Kier molecular flexibility index (Phi) is 11.2. The molecule has 1 aliphatic heterocycles. The van der Waals surface area contributed by atoms with Gasteiger partial charge in [-0.25, -0.2) is 9.97 Å². The molecule has 4 N–H and O–H groups in total. The number of nitrogen functional groups attached to an aromatic ring is 1. The molecule has 1 fully saturated rings. The van der Waals surface area contributed by atoms with E-state index in [2.05, 4.69) is 57.2 Å². The van der Waals surface area contributed by atoms with Gasteiger partial charge in [-0.2, -0.15) is 0 Å². The minimum atomic E-state index is -4.61. The van der Waals surface area contributed by atoms with Crippen LogP contribution in [0.2, 0.25) is 0 Å². The van der Waals surface area contributed by atoms with Crippen LogP contribution in [0.4, 0.5) is 36.2 Å². The Morgan fingerprint density at radius 1 is 1.15 bits per heavy atom. The molecule has 0 saturated carbocycles. The molecule has 0 atom stereocenters. The zero-order chi connectivity index (χ0) is 25.1. The smallest absolute Gasteiger partial charge is 0.396 e. The summed E-state index contributed by atoms with van der Waals surface area (Å²) in [5.74, 6) is 1.15. The summed E-state index contributed by atoms with van der Waals surface area (Å²) in [6.45, 7) is 1.70. The first-order chi connectivity index (χ1) is 16.0. The second kappa shape index (κ2) is 13.6. The molecule has 0 unspecified atom stereocenters. The van der Waals surface area contributed by atoms with Crippen LogP contribution in [0.1, 0.15) is 12.8 Å². The standard InChI is InChI=1S/C11H14BrN3O3.C8H9BrF3N3O/c12-9-5-10(15(16)17)11(14-7-9)13-6-8-1-3-18-4-2-8;9-5-3-6(13)7(15-4-5)14-1-2-16-8(10,11)12/h5,7-8H,1-4,6H2,(H,13,14);3-4H,1-2,13H2,(H,14,15). The average molecular weight is 616 g/mol. The number of nitrogens with zero attached hydrogens (tertiary/aromatic N) is 3. The van der Waals surface area contributed by atoms with Crippen molar-refractivity contribution < 1.29 is 27.6 Å². The van der Waals surface area contributed by atoms with Crippen molar-refractivity contribution in [2.75, 3.05) is 49.3 Å². The number of rotatable bonds is 8. The summed E-state index contributed by atoms with van der Waals surface area (Å²) in [6.07, 6.45) is 0.400. The summed E-state index contributed by atoms with van der Waals surface area (Å²) in [7, 11) is 0. The van der Waals surface area contributed by atoms with E-state index in [0.717, 1.165) is 26.1 Å². The highest BCUT2D eigenvalue weighted by molar-refractivity contribution is 9.10. The van der Waals surface area contributed by atoms with E-state index in [1.807, 2.05) is 0 Å². The minimum absolute atomic E-state index is 0.00330. The molecule has 3 heterocycles. The molecule has 0 spiro atoms. The molecule has 0 amide bonds. The molecule has 0 aliphatic carbocycles. The van der Waals surface area contributed by atoms with Crippen molar-refractivity contribution in [2.45, 2.75) is 19.2 Å². The van der Waals surface area contributed by atoms with E-state index in [-0.39, 0.29) is 12.2 Å². The summed E-state index contributed by atoms with van der Waals surface area (Å²) in [5, 5.41) is 16.6. The van der Waals surface area contributed by atoms with Crippen molar-refractivity contribution in [3.05, 3.63) is 43.6 Å². The SMILES string of the molecule is Nc1cc(Br)cnc1NCCOC(F)(F)F.O=[N+]([O-])c1cc(Br)cnc1NCC1CCOCC1. The lowest BCUT2D eigenvalue weighted by Crippen LogP contribution is -2.23.